The monoisotopic (exact) mass is 251 g/mol. The topological polar surface area (TPSA) is 97.5 Å². The minimum absolute atomic E-state index is 0.0396. The first-order chi connectivity index (χ1) is 8.41. The largest absolute Gasteiger partial charge is 0.481 e. The quantitative estimate of drug-likeness (QED) is 0.472. The standard InChI is InChI=1S/C12H13NO5/c1-8(14)11(12(15)16)6-5-9-3-2-4-10(7-9)13(17)18/h2-4,7,11H,5-6H2,1H3,(H,15,16). The van der Waals surface area contributed by atoms with Gasteiger partial charge in [0.2, 0.25) is 0 Å². The Bertz CT molecular complexity index is 469. The number of carbonyl (C=O) groups is 2. The molecule has 0 heterocycles. The zero-order chi connectivity index (χ0) is 13.7. The Morgan fingerprint density at radius 2 is 2.11 bits per heavy atom. The summed E-state index contributed by atoms with van der Waals surface area (Å²) in [6.07, 6.45) is 0.462. The molecule has 0 fully saturated rings. The van der Waals surface area contributed by atoms with E-state index < -0.39 is 22.6 Å². The average Bonchev–Trinajstić information content (AvgIpc) is 2.28. The molecule has 0 aliphatic rings. The van der Waals surface area contributed by atoms with Crippen molar-refractivity contribution >= 4 is 17.4 Å². The highest BCUT2D eigenvalue weighted by atomic mass is 16.6. The van der Waals surface area contributed by atoms with Gasteiger partial charge in [-0.15, -0.1) is 0 Å². The number of carbonyl (C=O) groups excluding carboxylic acids is 1. The van der Waals surface area contributed by atoms with Crippen molar-refractivity contribution in [2.24, 2.45) is 5.92 Å². The summed E-state index contributed by atoms with van der Waals surface area (Å²) in [7, 11) is 0. The van der Waals surface area contributed by atoms with Gasteiger partial charge in [0.05, 0.1) is 4.92 Å². The highest BCUT2D eigenvalue weighted by Crippen LogP contribution is 2.17. The first-order valence-corrected chi connectivity index (χ1v) is 5.38. The molecule has 0 radical (unpaired) electrons. The van der Waals surface area contributed by atoms with Crippen LogP contribution in [0.3, 0.4) is 0 Å². The molecule has 6 heteroatoms. The van der Waals surface area contributed by atoms with E-state index in [0.717, 1.165) is 0 Å². The molecule has 1 atom stereocenters. The normalized spacial score (nSPS) is 11.8. The van der Waals surface area contributed by atoms with E-state index >= 15 is 0 Å². The predicted octanol–water partition coefficient (Wildman–Crippen LogP) is 1.82. The number of non-ortho nitro benzene ring substituents is 1. The van der Waals surface area contributed by atoms with E-state index in [9.17, 15) is 19.7 Å². The van der Waals surface area contributed by atoms with Crippen molar-refractivity contribution in [3.8, 4) is 0 Å². The van der Waals surface area contributed by atoms with Crippen LogP contribution in [0.2, 0.25) is 0 Å². The molecule has 1 aromatic rings. The number of Topliss-reactive ketones (excluding diaryl/α,β-unsaturated/α-hetero) is 1. The first-order valence-electron chi connectivity index (χ1n) is 5.38. The number of nitro groups is 1. The summed E-state index contributed by atoms with van der Waals surface area (Å²) in [6, 6.07) is 5.96. The van der Waals surface area contributed by atoms with Crippen LogP contribution in [0.25, 0.3) is 0 Å². The van der Waals surface area contributed by atoms with Crippen LogP contribution < -0.4 is 0 Å². The smallest absolute Gasteiger partial charge is 0.314 e. The van der Waals surface area contributed by atoms with E-state index in [1.54, 1.807) is 6.07 Å². The number of ketones is 1. The third-order valence-electron chi connectivity index (χ3n) is 2.63. The molecule has 1 rings (SSSR count). The van der Waals surface area contributed by atoms with Gasteiger partial charge >= 0.3 is 5.97 Å². The second-order valence-electron chi connectivity index (χ2n) is 3.97. The van der Waals surface area contributed by atoms with Gasteiger partial charge in [0, 0.05) is 12.1 Å². The van der Waals surface area contributed by atoms with Gasteiger partial charge in [-0.25, -0.2) is 0 Å². The summed E-state index contributed by atoms with van der Waals surface area (Å²) < 4.78 is 0. The van der Waals surface area contributed by atoms with Gasteiger partial charge in [0.1, 0.15) is 11.7 Å². The molecule has 6 nitrogen and oxygen atoms in total. The maximum absolute atomic E-state index is 11.1. The number of rotatable bonds is 6. The number of benzene rings is 1. The number of hydrogen-bond donors (Lipinski definition) is 1. The summed E-state index contributed by atoms with van der Waals surface area (Å²) in [5.41, 5.74) is 0.610. The number of carboxylic acid groups (broad SMARTS) is 1. The van der Waals surface area contributed by atoms with E-state index in [2.05, 4.69) is 0 Å². The van der Waals surface area contributed by atoms with Crippen LogP contribution in [0.4, 0.5) is 5.69 Å². The van der Waals surface area contributed by atoms with Crippen molar-refractivity contribution in [3.63, 3.8) is 0 Å². The van der Waals surface area contributed by atoms with Gasteiger partial charge in [-0.2, -0.15) is 0 Å². The van der Waals surface area contributed by atoms with Gasteiger partial charge in [-0.1, -0.05) is 12.1 Å². The predicted molar refractivity (Wildman–Crippen MR) is 63.2 cm³/mol. The zero-order valence-corrected chi connectivity index (χ0v) is 9.83. The third-order valence-corrected chi connectivity index (χ3v) is 2.63. The van der Waals surface area contributed by atoms with Crippen molar-refractivity contribution in [3.05, 3.63) is 39.9 Å². The molecule has 0 bridgehead atoms. The Morgan fingerprint density at radius 1 is 1.44 bits per heavy atom. The summed E-state index contributed by atoms with van der Waals surface area (Å²) >= 11 is 0. The maximum atomic E-state index is 11.1. The Kier molecular flexibility index (Phi) is 4.53. The third kappa shape index (κ3) is 3.65. The van der Waals surface area contributed by atoms with Gasteiger partial charge in [0.15, 0.2) is 0 Å². The first kappa shape index (κ1) is 13.8. The van der Waals surface area contributed by atoms with Gasteiger partial charge in [-0.3, -0.25) is 19.7 Å². The number of nitro benzene ring substituents is 1. The number of carboxylic acids is 1. The number of aryl methyl sites for hydroxylation is 1. The van der Waals surface area contributed by atoms with E-state index in [1.807, 2.05) is 0 Å². The van der Waals surface area contributed by atoms with E-state index in [-0.39, 0.29) is 12.1 Å². The van der Waals surface area contributed by atoms with Gasteiger partial charge in [0.25, 0.3) is 5.69 Å². The highest BCUT2D eigenvalue weighted by molar-refractivity contribution is 5.96. The van der Waals surface area contributed by atoms with Crippen LogP contribution in [-0.2, 0) is 16.0 Å². The molecule has 1 N–H and O–H groups in total. The van der Waals surface area contributed by atoms with Crippen LogP contribution in [0, 0.1) is 16.0 Å². The fourth-order valence-corrected chi connectivity index (χ4v) is 1.64. The Morgan fingerprint density at radius 3 is 2.61 bits per heavy atom. The van der Waals surface area contributed by atoms with Crippen molar-refractivity contribution in [1.82, 2.24) is 0 Å². The molecule has 0 saturated carbocycles. The van der Waals surface area contributed by atoms with Crippen LogP contribution in [0.15, 0.2) is 24.3 Å². The summed E-state index contributed by atoms with van der Waals surface area (Å²) in [5, 5.41) is 19.4. The van der Waals surface area contributed by atoms with Crippen molar-refractivity contribution < 1.29 is 19.6 Å². The maximum Gasteiger partial charge on any atom is 0.314 e. The van der Waals surface area contributed by atoms with Crippen LogP contribution in [0.1, 0.15) is 18.9 Å². The van der Waals surface area contributed by atoms with Crippen molar-refractivity contribution in [2.75, 3.05) is 0 Å². The molecular weight excluding hydrogens is 238 g/mol. The van der Waals surface area contributed by atoms with Crippen LogP contribution >= 0.6 is 0 Å². The van der Waals surface area contributed by atoms with Crippen LogP contribution in [0.5, 0.6) is 0 Å². The second kappa shape index (κ2) is 5.90. The Hall–Kier alpha value is -2.24. The Balaban J connectivity index is 2.73. The fraction of sp³-hybridized carbons (Fsp3) is 0.333. The molecule has 96 valence electrons. The lowest BCUT2D eigenvalue weighted by atomic mass is 9.96. The molecule has 0 aliphatic heterocycles. The molecule has 0 aromatic heterocycles. The molecule has 18 heavy (non-hydrogen) atoms. The number of aliphatic carboxylic acids is 1. The van der Waals surface area contributed by atoms with Gasteiger partial charge in [-0.05, 0) is 25.3 Å². The lowest BCUT2D eigenvalue weighted by Gasteiger charge is -2.08. The number of nitrogens with zero attached hydrogens (tertiary/aromatic N) is 1. The number of hydrogen-bond acceptors (Lipinski definition) is 4. The minimum Gasteiger partial charge on any atom is -0.481 e. The summed E-state index contributed by atoms with van der Waals surface area (Å²) in [4.78, 5) is 32.0. The summed E-state index contributed by atoms with van der Waals surface area (Å²) in [6.45, 7) is 1.23. The molecule has 1 unspecified atom stereocenters. The fourth-order valence-electron chi connectivity index (χ4n) is 1.64. The zero-order valence-electron chi connectivity index (χ0n) is 9.83. The molecule has 0 saturated heterocycles. The van der Waals surface area contributed by atoms with Crippen molar-refractivity contribution in [2.45, 2.75) is 19.8 Å². The average molecular weight is 251 g/mol. The summed E-state index contributed by atoms with van der Waals surface area (Å²) in [5.74, 6) is -2.62. The molecule has 1 aromatic carbocycles. The minimum atomic E-state index is -1.16. The molecular formula is C12H13NO5. The second-order valence-corrected chi connectivity index (χ2v) is 3.97. The lowest BCUT2D eigenvalue weighted by molar-refractivity contribution is -0.384. The SMILES string of the molecule is CC(=O)C(CCc1cccc([N+](=O)[O-])c1)C(=O)O. The van der Waals surface area contributed by atoms with E-state index in [4.69, 9.17) is 5.11 Å². The Labute approximate surface area is 103 Å². The molecule has 0 amide bonds. The highest BCUT2D eigenvalue weighted by Gasteiger charge is 2.22. The van der Waals surface area contributed by atoms with E-state index in [1.165, 1.54) is 25.1 Å². The lowest BCUT2D eigenvalue weighted by Crippen LogP contribution is -2.22. The van der Waals surface area contributed by atoms with Crippen molar-refractivity contribution in [1.29, 1.82) is 0 Å². The molecule has 0 spiro atoms. The van der Waals surface area contributed by atoms with E-state index in [0.29, 0.717) is 12.0 Å². The molecule has 0 aliphatic carbocycles. The van der Waals surface area contributed by atoms with Crippen LogP contribution in [-0.4, -0.2) is 21.8 Å². The van der Waals surface area contributed by atoms with Gasteiger partial charge < -0.3 is 5.11 Å².